The van der Waals surface area contributed by atoms with Gasteiger partial charge in [-0.3, -0.25) is 9.78 Å². The van der Waals surface area contributed by atoms with E-state index in [4.69, 9.17) is 18.5 Å². The Labute approximate surface area is 435 Å². The Balaban J connectivity index is 0.000000190. The van der Waals surface area contributed by atoms with Crippen molar-refractivity contribution in [3.05, 3.63) is 149 Å². The molecule has 0 bridgehead atoms. The first-order valence-electron chi connectivity index (χ1n) is 26.7. The second-order valence-electron chi connectivity index (χ2n) is 20.3. The molecule has 70 heavy (non-hydrogen) atoms. The van der Waals surface area contributed by atoms with Gasteiger partial charge in [0.15, 0.2) is 5.78 Å². The van der Waals surface area contributed by atoms with Crippen LogP contribution in [0.3, 0.4) is 0 Å². The summed E-state index contributed by atoms with van der Waals surface area (Å²) in [5.41, 5.74) is 11.3. The van der Waals surface area contributed by atoms with Crippen molar-refractivity contribution in [3.63, 3.8) is 0 Å². The Morgan fingerprint density at radius 3 is 2.17 bits per heavy atom. The van der Waals surface area contributed by atoms with Gasteiger partial charge in [-0.1, -0.05) is 142 Å². The maximum absolute atomic E-state index is 12.2. The van der Waals surface area contributed by atoms with Gasteiger partial charge in [0.05, 0.1) is 11.1 Å². The second kappa shape index (κ2) is 23.2. The molecule has 1 aliphatic rings. The number of furan rings is 1. The predicted molar refractivity (Wildman–Crippen MR) is 289 cm³/mol. The van der Waals surface area contributed by atoms with Crippen LogP contribution in [-0.2, 0) is 31.3 Å². The summed E-state index contributed by atoms with van der Waals surface area (Å²) >= 11 is 0. The van der Waals surface area contributed by atoms with Crippen molar-refractivity contribution < 1.29 is 38.5 Å². The number of hydrogen-bond acceptors (Lipinski definition) is 6. The standard InChI is InChI=1S/C27H23N2O.C21H22N.C15H28O2.Ir/c1-16-13-23-22-9-7-17(2)29-27(22)30-26(23)24(14-16)25-21-10-8-19(18-5-3-4-6-18)15-20(21)11-12-28-25;1-14(2)10-17-6-5-7-21-19(17)8-9-20(22-21)18-12-15(3)11-16(4)13-18;1-7-14(5,8-2)12(16)11-13(17)15(6,9-3)10-4;/h7-13,15,18H,3-6H2,1-2H3;5-9,11-12,14H,10H2,1-4H3;11,16H,7-10H2,1-6H3;/q2*-1;;/b;;12-11-;/i2D3;;;. The van der Waals surface area contributed by atoms with Crippen LogP contribution < -0.4 is 0 Å². The molecule has 0 atom stereocenters. The van der Waals surface area contributed by atoms with Gasteiger partial charge >= 0.3 is 0 Å². The number of benzene rings is 4. The maximum Gasteiger partial charge on any atom is 0.216 e. The van der Waals surface area contributed by atoms with Gasteiger partial charge in [0.25, 0.3) is 0 Å². The molecule has 0 amide bonds. The van der Waals surface area contributed by atoms with Crippen LogP contribution in [0.4, 0.5) is 0 Å². The smallest absolute Gasteiger partial charge is 0.216 e. The van der Waals surface area contributed by atoms with Crippen molar-refractivity contribution in [2.75, 3.05) is 0 Å². The summed E-state index contributed by atoms with van der Waals surface area (Å²) in [7, 11) is 0. The number of ketones is 1. The molecule has 4 aromatic heterocycles. The van der Waals surface area contributed by atoms with Gasteiger partial charge in [0.2, 0.25) is 5.71 Å². The SMILES string of the molecule is CCC(C)(CC)C(=O)/C=C(\O)C(C)(CC)CC.Cc1[c-]c(-c2ccc3c(CC(C)C)cccc3n2)cc(C)c1.[2H]C([2H])([2H])c1ccc2c(n1)oc1c(-c3nccc4cc(C5CCCC5)ccc34)[c-]c(C)cc12.[Ir]. The molecule has 4 aromatic carbocycles. The zero-order chi connectivity index (χ0) is 52.1. The zero-order valence-corrected chi connectivity index (χ0v) is 45.6. The van der Waals surface area contributed by atoms with E-state index in [1.807, 2.05) is 60.7 Å². The van der Waals surface area contributed by atoms with Gasteiger partial charge in [-0.2, -0.15) is 0 Å². The fraction of sp³-hybridized carbons (Fsp3) is 0.397. The molecular weight excluding hydrogens is 1040 g/mol. The van der Waals surface area contributed by atoms with E-state index in [2.05, 4.69) is 112 Å². The molecule has 369 valence electrons. The average molecular weight is 1120 g/mol. The number of nitrogens with zero attached hydrogens (tertiary/aromatic N) is 3. The molecule has 9 rings (SSSR count). The van der Waals surface area contributed by atoms with E-state index in [0.29, 0.717) is 23.1 Å². The third-order valence-electron chi connectivity index (χ3n) is 14.8. The minimum Gasteiger partial charge on any atom is -0.512 e. The Morgan fingerprint density at radius 1 is 0.814 bits per heavy atom. The number of aromatic nitrogens is 3. The van der Waals surface area contributed by atoms with Crippen LogP contribution in [0.1, 0.15) is 150 Å². The van der Waals surface area contributed by atoms with Crippen LogP contribution in [0.15, 0.2) is 107 Å². The third-order valence-corrected chi connectivity index (χ3v) is 14.8. The number of hydrogen-bond donors (Lipinski definition) is 1. The monoisotopic (exact) mass is 1120 g/mol. The Hall–Kier alpha value is -5.49. The van der Waals surface area contributed by atoms with Crippen molar-refractivity contribution in [2.45, 2.75) is 147 Å². The van der Waals surface area contributed by atoms with Crippen LogP contribution in [0.5, 0.6) is 0 Å². The Kier molecular flexibility index (Phi) is 16.4. The third kappa shape index (κ3) is 12.0. The van der Waals surface area contributed by atoms with Gasteiger partial charge in [-0.15, -0.1) is 52.6 Å². The van der Waals surface area contributed by atoms with Crippen LogP contribution >= 0.6 is 0 Å². The summed E-state index contributed by atoms with van der Waals surface area (Å²) in [5, 5.41) is 15.3. The van der Waals surface area contributed by atoms with Crippen molar-refractivity contribution in [1.82, 2.24) is 15.0 Å². The average Bonchev–Trinajstić information content (AvgIpc) is 4.04. The Morgan fingerprint density at radius 2 is 1.50 bits per heavy atom. The maximum atomic E-state index is 12.2. The first-order chi connectivity index (χ1) is 34.2. The molecule has 1 fully saturated rings. The summed E-state index contributed by atoms with van der Waals surface area (Å²) in [4.78, 5) is 26.1. The summed E-state index contributed by atoms with van der Waals surface area (Å²) < 4.78 is 29.2. The molecule has 1 N–H and O–H groups in total. The first kappa shape index (κ1) is 49.5. The van der Waals surface area contributed by atoms with Gasteiger partial charge < -0.3 is 14.5 Å². The fourth-order valence-electron chi connectivity index (χ4n) is 9.61. The quantitative estimate of drug-likeness (QED) is 0.0745. The number of carbonyl (C=O) groups is 1. The fourth-order valence-corrected chi connectivity index (χ4v) is 9.61. The summed E-state index contributed by atoms with van der Waals surface area (Å²) in [6.07, 6.45) is 12.8. The van der Waals surface area contributed by atoms with E-state index in [9.17, 15) is 9.90 Å². The normalized spacial score (nSPS) is 14.2. The van der Waals surface area contributed by atoms with Crippen LogP contribution in [0.2, 0.25) is 0 Å². The predicted octanol–water partition coefficient (Wildman–Crippen LogP) is 17.4. The minimum absolute atomic E-state index is 0. The topological polar surface area (TPSA) is 89.1 Å². The number of aliphatic hydroxyl groups is 1. The summed E-state index contributed by atoms with van der Waals surface area (Å²) in [6.45, 7) is 20.5. The first-order valence-corrected chi connectivity index (χ1v) is 25.2. The van der Waals surface area contributed by atoms with Crippen LogP contribution in [0.25, 0.3) is 66.3 Å². The number of aliphatic hydroxyl groups excluding tert-OH is 1. The second-order valence-corrected chi connectivity index (χ2v) is 20.3. The molecule has 0 spiro atoms. The molecule has 1 aliphatic carbocycles. The zero-order valence-electron chi connectivity index (χ0n) is 46.2. The van der Waals surface area contributed by atoms with E-state index in [1.165, 1.54) is 53.8 Å². The van der Waals surface area contributed by atoms with E-state index >= 15 is 0 Å². The molecule has 8 aromatic rings. The molecular formula is C63H73IrN3O3-2. The van der Waals surface area contributed by atoms with Crippen molar-refractivity contribution in [2.24, 2.45) is 16.7 Å². The number of carbonyl (C=O) groups excluding carboxylic acids is 1. The number of pyridine rings is 3. The molecule has 7 heteroatoms. The van der Waals surface area contributed by atoms with E-state index in [1.54, 1.807) is 12.1 Å². The van der Waals surface area contributed by atoms with E-state index in [0.717, 1.165) is 92.8 Å². The molecule has 6 nitrogen and oxygen atoms in total. The molecule has 0 saturated heterocycles. The van der Waals surface area contributed by atoms with Gasteiger partial charge in [0.1, 0.15) is 5.76 Å². The number of aryl methyl sites for hydroxylation is 4. The Bertz CT molecular complexity index is 3230. The van der Waals surface area contributed by atoms with Crippen LogP contribution in [-0.4, -0.2) is 25.8 Å². The number of rotatable bonds is 12. The van der Waals surface area contributed by atoms with Crippen LogP contribution in [0, 0.1) is 56.5 Å². The van der Waals surface area contributed by atoms with E-state index in [-0.39, 0.29) is 48.2 Å². The minimum atomic E-state index is -2.29. The van der Waals surface area contributed by atoms with Crippen molar-refractivity contribution in [1.29, 1.82) is 0 Å². The van der Waals surface area contributed by atoms with Gasteiger partial charge in [-0.25, -0.2) is 4.98 Å². The summed E-state index contributed by atoms with van der Waals surface area (Å²) in [6, 6.07) is 36.0. The molecule has 1 saturated carbocycles. The largest absolute Gasteiger partial charge is 0.512 e. The molecule has 4 heterocycles. The van der Waals surface area contributed by atoms with Crippen molar-refractivity contribution in [3.8, 4) is 22.5 Å². The van der Waals surface area contributed by atoms with Gasteiger partial charge in [0, 0.05) is 63.8 Å². The van der Waals surface area contributed by atoms with Gasteiger partial charge in [-0.05, 0) is 121 Å². The van der Waals surface area contributed by atoms with E-state index < -0.39 is 6.85 Å². The molecule has 0 unspecified atom stereocenters. The molecule has 1 radical (unpaired) electrons. The summed E-state index contributed by atoms with van der Waals surface area (Å²) in [5.74, 6) is 1.59. The number of allylic oxidation sites excluding steroid dienone is 2. The molecule has 0 aliphatic heterocycles. The number of fused-ring (bicyclic) bond motifs is 5. The van der Waals surface area contributed by atoms with Crippen molar-refractivity contribution >= 4 is 49.5 Å².